The number of nitrogens with zero attached hydrogens (tertiary/aromatic N) is 1. The molecule has 1 amide bonds. The third-order valence-electron chi connectivity index (χ3n) is 2.53. The number of ether oxygens (including phenoxy) is 1. The van der Waals surface area contributed by atoms with Crippen molar-refractivity contribution in [1.82, 2.24) is 5.32 Å². The number of hydrogen-bond acceptors (Lipinski definition) is 5. The molecule has 0 unspecified atom stereocenters. The van der Waals surface area contributed by atoms with E-state index in [0.29, 0.717) is 13.2 Å². The minimum Gasteiger partial charge on any atom is -0.383 e. The summed E-state index contributed by atoms with van der Waals surface area (Å²) in [5, 5.41) is 16.7. The molecule has 0 aromatic heterocycles. The molecule has 1 rings (SSSR count). The Morgan fingerprint density at radius 1 is 1.33 bits per heavy atom. The third kappa shape index (κ3) is 5.74. The van der Waals surface area contributed by atoms with Crippen LogP contribution in [0.5, 0.6) is 0 Å². The first kappa shape index (κ1) is 17.5. The molecule has 116 valence electrons. The van der Waals surface area contributed by atoms with Crippen LogP contribution >= 0.6 is 23.2 Å². The molecule has 1 aromatic carbocycles. The number of hydrogen-bond donors (Lipinski definition) is 2. The molecule has 0 saturated heterocycles. The van der Waals surface area contributed by atoms with Crippen molar-refractivity contribution in [2.75, 3.05) is 32.1 Å². The fourth-order valence-electron chi connectivity index (χ4n) is 1.52. The van der Waals surface area contributed by atoms with E-state index in [1.54, 1.807) is 0 Å². The maximum absolute atomic E-state index is 11.5. The van der Waals surface area contributed by atoms with Crippen LogP contribution in [0.3, 0.4) is 0 Å². The highest BCUT2D eigenvalue weighted by atomic mass is 35.5. The van der Waals surface area contributed by atoms with Gasteiger partial charge in [0, 0.05) is 32.7 Å². The van der Waals surface area contributed by atoms with E-state index in [4.69, 9.17) is 27.9 Å². The molecule has 7 nitrogen and oxygen atoms in total. The number of nitro benzene ring substituents is 1. The molecule has 0 heterocycles. The predicted molar refractivity (Wildman–Crippen MR) is 81.1 cm³/mol. The van der Waals surface area contributed by atoms with Crippen molar-refractivity contribution in [3.8, 4) is 0 Å². The van der Waals surface area contributed by atoms with Gasteiger partial charge < -0.3 is 15.4 Å². The molecule has 0 aliphatic rings. The lowest BCUT2D eigenvalue weighted by Gasteiger charge is -2.09. The lowest BCUT2D eigenvalue weighted by molar-refractivity contribution is -0.383. The second-order valence-electron chi connectivity index (χ2n) is 4.06. The van der Waals surface area contributed by atoms with Gasteiger partial charge in [-0.3, -0.25) is 14.9 Å². The van der Waals surface area contributed by atoms with Crippen molar-refractivity contribution in [3.63, 3.8) is 0 Å². The second-order valence-corrected chi connectivity index (χ2v) is 4.87. The molecule has 0 radical (unpaired) electrons. The topological polar surface area (TPSA) is 93.5 Å². The summed E-state index contributed by atoms with van der Waals surface area (Å²) in [7, 11) is 1.54. The van der Waals surface area contributed by atoms with Gasteiger partial charge >= 0.3 is 0 Å². The van der Waals surface area contributed by atoms with Gasteiger partial charge in [-0.05, 0) is 6.07 Å². The van der Waals surface area contributed by atoms with Crippen LogP contribution in [-0.4, -0.2) is 37.6 Å². The van der Waals surface area contributed by atoms with Crippen LogP contribution in [0.4, 0.5) is 11.4 Å². The number of methoxy groups -OCH3 is 1. The van der Waals surface area contributed by atoms with Gasteiger partial charge in [0.15, 0.2) is 0 Å². The number of nitro groups is 1. The SMILES string of the molecule is COCCNC(=O)CCNc1cc(Cl)c(Cl)cc1[N+](=O)[O-]. The van der Waals surface area contributed by atoms with Gasteiger partial charge in [-0.1, -0.05) is 23.2 Å². The minimum absolute atomic E-state index is 0.103. The molecule has 0 aliphatic heterocycles. The Morgan fingerprint density at radius 3 is 2.62 bits per heavy atom. The number of nitrogens with one attached hydrogen (secondary N) is 2. The Labute approximate surface area is 131 Å². The number of benzene rings is 1. The zero-order valence-electron chi connectivity index (χ0n) is 11.3. The monoisotopic (exact) mass is 335 g/mol. The van der Waals surface area contributed by atoms with Crippen molar-refractivity contribution in [2.24, 2.45) is 0 Å². The van der Waals surface area contributed by atoms with Gasteiger partial charge in [0.2, 0.25) is 5.91 Å². The number of carbonyl (C=O) groups excluding carboxylic acids is 1. The molecular formula is C12H15Cl2N3O4. The molecule has 9 heteroatoms. The number of rotatable bonds is 8. The Bertz CT molecular complexity index is 525. The van der Waals surface area contributed by atoms with Crippen LogP contribution in [0.15, 0.2) is 12.1 Å². The first-order valence-electron chi connectivity index (χ1n) is 6.08. The zero-order chi connectivity index (χ0) is 15.8. The molecular weight excluding hydrogens is 321 g/mol. The highest BCUT2D eigenvalue weighted by Gasteiger charge is 2.16. The molecule has 2 N–H and O–H groups in total. The van der Waals surface area contributed by atoms with Crippen molar-refractivity contribution in [2.45, 2.75) is 6.42 Å². The van der Waals surface area contributed by atoms with Crippen LogP contribution in [0.25, 0.3) is 0 Å². The Hall–Kier alpha value is -1.57. The highest BCUT2D eigenvalue weighted by molar-refractivity contribution is 6.42. The highest BCUT2D eigenvalue weighted by Crippen LogP contribution is 2.33. The van der Waals surface area contributed by atoms with Crippen LogP contribution < -0.4 is 10.6 Å². The summed E-state index contributed by atoms with van der Waals surface area (Å²) < 4.78 is 4.80. The summed E-state index contributed by atoms with van der Waals surface area (Å²) in [6, 6.07) is 2.54. The number of carbonyl (C=O) groups is 1. The van der Waals surface area contributed by atoms with E-state index in [1.807, 2.05) is 0 Å². The number of anilines is 1. The lowest BCUT2D eigenvalue weighted by atomic mass is 10.2. The molecule has 0 atom stereocenters. The van der Waals surface area contributed by atoms with Gasteiger partial charge in [-0.2, -0.15) is 0 Å². The molecule has 0 bridgehead atoms. The van der Waals surface area contributed by atoms with Gasteiger partial charge in [0.05, 0.1) is 21.6 Å². The molecule has 0 saturated carbocycles. The number of amides is 1. The predicted octanol–water partition coefficient (Wildman–Crippen LogP) is 2.47. The van der Waals surface area contributed by atoms with Crippen molar-refractivity contribution < 1.29 is 14.5 Å². The van der Waals surface area contributed by atoms with E-state index in [1.165, 1.54) is 19.2 Å². The first-order valence-corrected chi connectivity index (χ1v) is 6.84. The van der Waals surface area contributed by atoms with Gasteiger partial charge in [0.25, 0.3) is 5.69 Å². The maximum Gasteiger partial charge on any atom is 0.293 e. The average Bonchev–Trinajstić information content (AvgIpc) is 2.42. The van der Waals surface area contributed by atoms with Crippen molar-refractivity contribution >= 4 is 40.5 Å². The van der Waals surface area contributed by atoms with Crippen molar-refractivity contribution in [3.05, 3.63) is 32.3 Å². The number of halogens is 2. The van der Waals surface area contributed by atoms with E-state index in [9.17, 15) is 14.9 Å². The summed E-state index contributed by atoms with van der Waals surface area (Å²) >= 11 is 11.6. The van der Waals surface area contributed by atoms with Crippen molar-refractivity contribution in [1.29, 1.82) is 0 Å². The first-order chi connectivity index (χ1) is 9.95. The Kier molecular flexibility index (Phi) is 7.21. The smallest absolute Gasteiger partial charge is 0.293 e. The quantitative estimate of drug-likeness (QED) is 0.432. The summed E-state index contributed by atoms with van der Waals surface area (Å²) in [4.78, 5) is 21.8. The van der Waals surface area contributed by atoms with E-state index in [0.717, 1.165) is 0 Å². The molecule has 1 aromatic rings. The minimum atomic E-state index is -0.566. The summed E-state index contributed by atoms with van der Waals surface area (Å²) in [5.74, 6) is -0.178. The van der Waals surface area contributed by atoms with Gasteiger partial charge in [-0.25, -0.2) is 0 Å². The molecule has 0 fully saturated rings. The van der Waals surface area contributed by atoms with Crippen LogP contribution in [0.1, 0.15) is 6.42 Å². The second kappa shape index (κ2) is 8.66. The summed E-state index contributed by atoms with van der Waals surface area (Å²) in [6.45, 7) is 1.08. The van der Waals surface area contributed by atoms with E-state index in [2.05, 4.69) is 10.6 Å². The van der Waals surface area contributed by atoms with E-state index >= 15 is 0 Å². The molecule has 0 aliphatic carbocycles. The van der Waals surface area contributed by atoms with Crippen LogP contribution in [0.2, 0.25) is 10.0 Å². The van der Waals surface area contributed by atoms with Gasteiger partial charge in [-0.15, -0.1) is 0 Å². The normalized spacial score (nSPS) is 10.2. The maximum atomic E-state index is 11.5. The molecule has 0 spiro atoms. The lowest BCUT2D eigenvalue weighted by Crippen LogP contribution is -2.28. The summed E-state index contributed by atoms with van der Waals surface area (Å²) in [6.07, 6.45) is 0.168. The van der Waals surface area contributed by atoms with Gasteiger partial charge in [0.1, 0.15) is 5.69 Å². The fraction of sp³-hybridized carbons (Fsp3) is 0.417. The van der Waals surface area contributed by atoms with E-state index in [-0.39, 0.29) is 40.3 Å². The zero-order valence-corrected chi connectivity index (χ0v) is 12.8. The standard InChI is InChI=1S/C12H15Cl2N3O4/c1-21-5-4-16-12(18)2-3-15-10-6-8(13)9(14)7-11(10)17(19)20/h6-7,15H,2-5H2,1H3,(H,16,18). The van der Waals surface area contributed by atoms with Crippen LogP contribution in [-0.2, 0) is 9.53 Å². The summed E-state index contributed by atoms with van der Waals surface area (Å²) in [5.41, 5.74) is 0.0308. The Balaban J connectivity index is 2.57. The third-order valence-corrected chi connectivity index (χ3v) is 3.25. The Morgan fingerprint density at radius 2 is 2.00 bits per heavy atom. The van der Waals surface area contributed by atoms with Crippen LogP contribution in [0, 0.1) is 10.1 Å². The molecule has 21 heavy (non-hydrogen) atoms. The average molecular weight is 336 g/mol. The largest absolute Gasteiger partial charge is 0.383 e. The fourth-order valence-corrected chi connectivity index (χ4v) is 1.84. The van der Waals surface area contributed by atoms with E-state index < -0.39 is 4.92 Å².